The first-order chi connectivity index (χ1) is 11.2. The molecule has 0 unspecified atom stereocenters. The molecular weight excluding hydrogens is 423 g/mol. The Balaban J connectivity index is 0.00000529. The number of hydrogen-bond acceptors (Lipinski definition) is 4. The number of ether oxygens (including phenoxy) is 2. The monoisotopic (exact) mass is 450 g/mol. The van der Waals surface area contributed by atoms with Crippen LogP contribution >= 0.6 is 24.0 Å². The van der Waals surface area contributed by atoms with Gasteiger partial charge >= 0.3 is 0 Å². The molecule has 3 N–H and O–H groups in total. The first-order valence-corrected chi connectivity index (χ1v) is 7.68. The molecule has 0 aromatic heterocycles. The van der Waals surface area contributed by atoms with E-state index in [1.54, 1.807) is 13.1 Å². The molecule has 8 heteroatoms. The molecule has 7 nitrogen and oxygen atoms in total. The van der Waals surface area contributed by atoms with Gasteiger partial charge in [0.15, 0.2) is 5.96 Å². The number of halogens is 1. The molecule has 24 heavy (non-hydrogen) atoms. The number of nitrogens with one attached hydrogen (secondary N) is 3. The van der Waals surface area contributed by atoms with Crippen molar-refractivity contribution in [1.82, 2.24) is 10.6 Å². The van der Waals surface area contributed by atoms with Gasteiger partial charge in [0, 0.05) is 38.9 Å². The minimum Gasteiger partial charge on any atom is -0.492 e. The second-order valence-corrected chi connectivity index (χ2v) is 4.68. The Labute approximate surface area is 160 Å². The molecule has 0 atom stereocenters. The lowest BCUT2D eigenvalue weighted by atomic mass is 10.3. The van der Waals surface area contributed by atoms with Gasteiger partial charge in [-0.15, -0.1) is 24.0 Å². The summed E-state index contributed by atoms with van der Waals surface area (Å²) in [6.45, 7) is 6.58. The van der Waals surface area contributed by atoms with Crippen molar-refractivity contribution >= 4 is 41.5 Å². The number of anilines is 1. The Bertz CT molecular complexity index is 512. The molecular formula is C16H27IN4O3. The van der Waals surface area contributed by atoms with Gasteiger partial charge in [-0.2, -0.15) is 0 Å². The fraction of sp³-hybridized carbons (Fsp3) is 0.500. The first-order valence-electron chi connectivity index (χ1n) is 7.68. The Morgan fingerprint density at radius 3 is 2.54 bits per heavy atom. The Morgan fingerprint density at radius 2 is 1.92 bits per heavy atom. The molecule has 1 amide bonds. The molecule has 1 aromatic rings. The van der Waals surface area contributed by atoms with Crippen LogP contribution in [-0.2, 0) is 9.53 Å². The van der Waals surface area contributed by atoms with Gasteiger partial charge in [-0.1, -0.05) is 6.07 Å². The predicted molar refractivity (Wildman–Crippen MR) is 108 cm³/mol. The van der Waals surface area contributed by atoms with Gasteiger partial charge in [0.1, 0.15) is 12.4 Å². The van der Waals surface area contributed by atoms with E-state index in [4.69, 9.17) is 9.47 Å². The zero-order chi connectivity index (χ0) is 16.9. The molecule has 0 saturated heterocycles. The van der Waals surface area contributed by atoms with Crippen molar-refractivity contribution in [1.29, 1.82) is 0 Å². The summed E-state index contributed by atoms with van der Waals surface area (Å²) in [5.41, 5.74) is 0.719. The molecule has 0 spiro atoms. The second kappa shape index (κ2) is 13.8. The highest BCUT2D eigenvalue weighted by molar-refractivity contribution is 14.0. The summed E-state index contributed by atoms with van der Waals surface area (Å²) in [6.07, 6.45) is 0. The summed E-state index contributed by atoms with van der Waals surface area (Å²) in [6, 6.07) is 7.29. The van der Waals surface area contributed by atoms with Crippen LogP contribution in [0.3, 0.4) is 0 Å². The number of rotatable bonds is 9. The highest BCUT2D eigenvalue weighted by Crippen LogP contribution is 2.16. The third kappa shape index (κ3) is 10.3. The van der Waals surface area contributed by atoms with Crippen molar-refractivity contribution in [2.45, 2.75) is 13.8 Å². The number of amides is 1. The standard InChI is InChI=1S/C16H26N4O3.HI/c1-4-22-10-8-18-16(17-3)19-9-11-23-15-7-5-6-14(12-15)20-13(2)21;/h5-7,12H,4,8-11H2,1-3H3,(H,20,21)(H2,17,18,19);1H. The van der Waals surface area contributed by atoms with E-state index in [-0.39, 0.29) is 29.9 Å². The van der Waals surface area contributed by atoms with Crippen molar-refractivity contribution in [2.75, 3.05) is 45.3 Å². The molecule has 0 heterocycles. The van der Waals surface area contributed by atoms with Crippen LogP contribution in [0, 0.1) is 0 Å². The van der Waals surface area contributed by atoms with Crippen LogP contribution in [0.1, 0.15) is 13.8 Å². The normalized spacial score (nSPS) is 10.5. The van der Waals surface area contributed by atoms with Crippen LogP contribution < -0.4 is 20.7 Å². The third-order valence-corrected chi connectivity index (χ3v) is 2.78. The maximum atomic E-state index is 11.0. The van der Waals surface area contributed by atoms with E-state index in [1.807, 2.05) is 25.1 Å². The van der Waals surface area contributed by atoms with E-state index in [9.17, 15) is 4.79 Å². The Morgan fingerprint density at radius 1 is 1.21 bits per heavy atom. The minimum absolute atomic E-state index is 0. The number of benzene rings is 1. The molecule has 1 rings (SSSR count). The van der Waals surface area contributed by atoms with E-state index < -0.39 is 0 Å². The summed E-state index contributed by atoms with van der Waals surface area (Å²) in [5, 5.41) is 9.02. The van der Waals surface area contributed by atoms with Crippen molar-refractivity contribution in [3.05, 3.63) is 24.3 Å². The number of carbonyl (C=O) groups excluding carboxylic acids is 1. The molecule has 136 valence electrons. The lowest BCUT2D eigenvalue weighted by Crippen LogP contribution is -2.40. The van der Waals surface area contributed by atoms with Gasteiger partial charge in [0.2, 0.25) is 5.91 Å². The quantitative estimate of drug-likeness (QED) is 0.232. The molecule has 0 aliphatic carbocycles. The van der Waals surface area contributed by atoms with Gasteiger partial charge in [0.05, 0.1) is 13.2 Å². The molecule has 0 radical (unpaired) electrons. The van der Waals surface area contributed by atoms with Crippen molar-refractivity contribution in [3.63, 3.8) is 0 Å². The highest BCUT2D eigenvalue weighted by atomic mass is 127. The summed E-state index contributed by atoms with van der Waals surface area (Å²) >= 11 is 0. The van der Waals surface area contributed by atoms with E-state index in [2.05, 4.69) is 20.9 Å². The van der Waals surface area contributed by atoms with Gasteiger partial charge < -0.3 is 25.4 Å². The van der Waals surface area contributed by atoms with Gasteiger partial charge in [0.25, 0.3) is 0 Å². The summed E-state index contributed by atoms with van der Waals surface area (Å²) in [4.78, 5) is 15.1. The minimum atomic E-state index is -0.106. The number of nitrogens with zero attached hydrogens (tertiary/aromatic N) is 1. The van der Waals surface area contributed by atoms with Gasteiger partial charge in [-0.3, -0.25) is 9.79 Å². The van der Waals surface area contributed by atoms with Gasteiger partial charge in [-0.05, 0) is 19.1 Å². The number of hydrogen-bond donors (Lipinski definition) is 3. The van der Waals surface area contributed by atoms with Crippen LogP contribution in [-0.4, -0.2) is 51.8 Å². The molecule has 0 fully saturated rings. The second-order valence-electron chi connectivity index (χ2n) is 4.68. The van der Waals surface area contributed by atoms with Crippen molar-refractivity contribution < 1.29 is 14.3 Å². The van der Waals surface area contributed by atoms with Crippen LogP contribution in [0.25, 0.3) is 0 Å². The summed E-state index contributed by atoms with van der Waals surface area (Å²) in [7, 11) is 1.72. The van der Waals surface area contributed by atoms with Gasteiger partial charge in [-0.25, -0.2) is 0 Å². The third-order valence-electron chi connectivity index (χ3n) is 2.78. The molecule has 0 bridgehead atoms. The number of carbonyl (C=O) groups is 1. The molecule has 0 aliphatic rings. The number of guanidine groups is 1. The maximum Gasteiger partial charge on any atom is 0.221 e. The molecule has 0 aliphatic heterocycles. The lowest BCUT2D eigenvalue weighted by molar-refractivity contribution is -0.114. The van der Waals surface area contributed by atoms with Crippen LogP contribution in [0.5, 0.6) is 5.75 Å². The smallest absolute Gasteiger partial charge is 0.221 e. The van der Waals surface area contributed by atoms with E-state index >= 15 is 0 Å². The topological polar surface area (TPSA) is 84.0 Å². The van der Waals surface area contributed by atoms with Crippen LogP contribution in [0.4, 0.5) is 5.69 Å². The maximum absolute atomic E-state index is 11.0. The zero-order valence-corrected chi connectivity index (χ0v) is 16.8. The zero-order valence-electron chi connectivity index (χ0n) is 14.4. The van der Waals surface area contributed by atoms with E-state index in [0.29, 0.717) is 44.6 Å². The van der Waals surface area contributed by atoms with Crippen LogP contribution in [0.15, 0.2) is 29.3 Å². The SMILES string of the molecule is CCOCCNC(=NC)NCCOc1cccc(NC(C)=O)c1.I. The van der Waals surface area contributed by atoms with E-state index in [1.165, 1.54) is 6.92 Å². The number of aliphatic imine (C=N–C) groups is 1. The average molecular weight is 450 g/mol. The highest BCUT2D eigenvalue weighted by Gasteiger charge is 2.00. The fourth-order valence-electron chi connectivity index (χ4n) is 1.81. The molecule has 0 saturated carbocycles. The van der Waals surface area contributed by atoms with E-state index in [0.717, 1.165) is 5.69 Å². The van der Waals surface area contributed by atoms with Crippen molar-refractivity contribution in [2.24, 2.45) is 4.99 Å². The summed E-state index contributed by atoms with van der Waals surface area (Å²) < 4.78 is 10.9. The first kappa shape index (κ1) is 22.4. The molecule has 1 aromatic carbocycles. The van der Waals surface area contributed by atoms with Crippen LogP contribution in [0.2, 0.25) is 0 Å². The summed E-state index contributed by atoms with van der Waals surface area (Å²) in [5.74, 6) is 1.31. The average Bonchev–Trinajstić information content (AvgIpc) is 2.53. The largest absolute Gasteiger partial charge is 0.492 e. The Hall–Kier alpha value is -1.55. The van der Waals surface area contributed by atoms with Crippen molar-refractivity contribution in [3.8, 4) is 5.75 Å². The lowest BCUT2D eigenvalue weighted by Gasteiger charge is -2.13. The predicted octanol–water partition coefficient (Wildman–Crippen LogP) is 1.84. The fourth-order valence-corrected chi connectivity index (χ4v) is 1.81. The Kier molecular flexibility index (Phi) is 13.0.